The number of aliphatic hydroxyl groups excluding tert-OH is 1. The molecule has 3 rings (SSSR count). The van der Waals surface area contributed by atoms with Crippen LogP contribution in [0.2, 0.25) is 0 Å². The predicted octanol–water partition coefficient (Wildman–Crippen LogP) is 0.173. The minimum Gasteiger partial charge on any atom is -0.389 e. The normalized spacial score (nSPS) is 20.9. The van der Waals surface area contributed by atoms with Crippen LogP contribution in [-0.2, 0) is 11.4 Å². The van der Waals surface area contributed by atoms with Gasteiger partial charge in [-0.3, -0.25) is 14.0 Å². The minimum atomic E-state index is -0.459. The summed E-state index contributed by atoms with van der Waals surface area (Å²) >= 11 is 1.44. The zero-order valence-corrected chi connectivity index (χ0v) is 10.7. The zero-order chi connectivity index (χ0) is 12.7. The van der Waals surface area contributed by atoms with Crippen LogP contribution in [0.15, 0.2) is 16.2 Å². The molecule has 0 spiro atoms. The first-order chi connectivity index (χ1) is 8.63. The number of hydrogen-bond donors (Lipinski definition) is 1. The van der Waals surface area contributed by atoms with Crippen LogP contribution in [0.1, 0.15) is 11.4 Å². The molecule has 1 fully saturated rings. The number of hydroxylamine groups is 2. The highest BCUT2D eigenvalue weighted by atomic mass is 32.1. The maximum Gasteiger partial charge on any atom is 0.259 e. The molecular weight excluding hydrogens is 254 g/mol. The number of fused-ring (bicyclic) bond motifs is 1. The lowest BCUT2D eigenvalue weighted by Gasteiger charge is -2.12. The van der Waals surface area contributed by atoms with Crippen molar-refractivity contribution in [2.24, 2.45) is 0 Å². The second-order valence-electron chi connectivity index (χ2n) is 4.35. The third kappa shape index (κ3) is 2.05. The minimum absolute atomic E-state index is 0.0755. The topological polar surface area (TPSA) is 67.1 Å². The largest absolute Gasteiger partial charge is 0.389 e. The molecule has 6 nitrogen and oxygen atoms in total. The molecule has 0 bridgehead atoms. The van der Waals surface area contributed by atoms with Gasteiger partial charge in [0, 0.05) is 17.1 Å². The highest BCUT2D eigenvalue weighted by Gasteiger charge is 2.22. The van der Waals surface area contributed by atoms with Gasteiger partial charge < -0.3 is 5.11 Å². The fraction of sp³-hybridized carbons (Fsp3) is 0.455. The highest BCUT2D eigenvalue weighted by molar-refractivity contribution is 7.15. The number of thiazole rings is 1. The van der Waals surface area contributed by atoms with Gasteiger partial charge in [0.05, 0.1) is 31.5 Å². The predicted molar refractivity (Wildman–Crippen MR) is 66.4 cm³/mol. The molecule has 2 aromatic rings. The fourth-order valence-electron chi connectivity index (χ4n) is 2.00. The summed E-state index contributed by atoms with van der Waals surface area (Å²) in [4.78, 5) is 22.3. The summed E-state index contributed by atoms with van der Waals surface area (Å²) in [5.74, 6) is 0. The number of nitrogens with zero attached hydrogens (tertiary/aromatic N) is 3. The summed E-state index contributed by atoms with van der Waals surface area (Å²) in [5, 5.41) is 12.9. The first-order valence-electron chi connectivity index (χ1n) is 5.66. The van der Waals surface area contributed by atoms with Crippen LogP contribution in [-0.4, -0.2) is 38.8 Å². The molecule has 0 amide bonds. The van der Waals surface area contributed by atoms with Gasteiger partial charge in [0.1, 0.15) is 0 Å². The molecule has 1 saturated heterocycles. The van der Waals surface area contributed by atoms with Crippen LogP contribution in [0.25, 0.3) is 4.96 Å². The van der Waals surface area contributed by atoms with Gasteiger partial charge >= 0.3 is 0 Å². The Hall–Kier alpha value is -1.28. The molecule has 0 unspecified atom stereocenters. The molecule has 2 aromatic heterocycles. The summed E-state index contributed by atoms with van der Waals surface area (Å²) in [7, 11) is 0. The number of aromatic nitrogens is 2. The van der Waals surface area contributed by atoms with E-state index in [4.69, 9.17) is 4.84 Å². The van der Waals surface area contributed by atoms with Crippen molar-refractivity contribution in [3.8, 4) is 0 Å². The van der Waals surface area contributed by atoms with E-state index in [1.165, 1.54) is 17.4 Å². The van der Waals surface area contributed by atoms with Crippen molar-refractivity contribution >= 4 is 16.3 Å². The van der Waals surface area contributed by atoms with Crippen molar-refractivity contribution in [1.29, 1.82) is 0 Å². The van der Waals surface area contributed by atoms with Crippen molar-refractivity contribution in [3.63, 3.8) is 0 Å². The molecule has 0 radical (unpaired) electrons. The van der Waals surface area contributed by atoms with E-state index in [9.17, 15) is 9.90 Å². The maximum absolute atomic E-state index is 11.9. The van der Waals surface area contributed by atoms with Gasteiger partial charge in [-0.15, -0.1) is 11.3 Å². The van der Waals surface area contributed by atoms with Crippen molar-refractivity contribution < 1.29 is 9.94 Å². The average Bonchev–Trinajstić information content (AvgIpc) is 2.86. The van der Waals surface area contributed by atoms with E-state index in [1.807, 2.05) is 12.3 Å². The van der Waals surface area contributed by atoms with E-state index in [0.717, 1.165) is 5.69 Å². The van der Waals surface area contributed by atoms with E-state index in [2.05, 4.69) is 4.98 Å². The maximum atomic E-state index is 11.9. The Kier molecular flexibility index (Phi) is 2.90. The third-order valence-corrected chi connectivity index (χ3v) is 3.77. The summed E-state index contributed by atoms with van der Waals surface area (Å²) in [6.07, 6.45) is -0.459. The Morgan fingerprint density at radius 3 is 3.22 bits per heavy atom. The highest BCUT2D eigenvalue weighted by Crippen LogP contribution is 2.14. The lowest BCUT2D eigenvalue weighted by Crippen LogP contribution is -2.23. The van der Waals surface area contributed by atoms with E-state index in [0.29, 0.717) is 30.4 Å². The van der Waals surface area contributed by atoms with Crippen LogP contribution < -0.4 is 5.56 Å². The molecule has 1 atom stereocenters. The average molecular weight is 267 g/mol. The van der Waals surface area contributed by atoms with Gasteiger partial charge in [0.2, 0.25) is 0 Å². The van der Waals surface area contributed by atoms with Crippen LogP contribution >= 0.6 is 11.3 Å². The summed E-state index contributed by atoms with van der Waals surface area (Å²) in [5.41, 5.74) is 1.48. The molecule has 1 N–H and O–H groups in total. The van der Waals surface area contributed by atoms with Crippen LogP contribution in [0, 0.1) is 6.92 Å². The number of aliphatic hydroxyl groups is 1. The van der Waals surface area contributed by atoms with Crippen molar-refractivity contribution in [1.82, 2.24) is 14.4 Å². The standard InChI is InChI=1S/C11H13N3O3S/c1-7-6-18-11-12-8(2-10(16)14(7)11)3-13-4-9(15)5-17-13/h2,6,9,15H,3-5H2,1H3/t9-/m1/s1. The molecular formula is C11H13N3O3S. The first-order valence-corrected chi connectivity index (χ1v) is 6.54. The number of rotatable bonds is 2. The van der Waals surface area contributed by atoms with Crippen molar-refractivity contribution in [2.75, 3.05) is 13.2 Å². The molecule has 0 aliphatic carbocycles. The fourth-order valence-corrected chi connectivity index (χ4v) is 2.90. The summed E-state index contributed by atoms with van der Waals surface area (Å²) in [6.45, 7) is 3.05. The summed E-state index contributed by atoms with van der Waals surface area (Å²) < 4.78 is 1.59. The molecule has 96 valence electrons. The Morgan fingerprint density at radius 2 is 2.50 bits per heavy atom. The smallest absolute Gasteiger partial charge is 0.259 e. The molecule has 0 saturated carbocycles. The Labute approximate surface area is 107 Å². The van der Waals surface area contributed by atoms with Gasteiger partial charge in [0.15, 0.2) is 4.96 Å². The molecule has 7 heteroatoms. The zero-order valence-electron chi connectivity index (χ0n) is 9.87. The van der Waals surface area contributed by atoms with E-state index in [-0.39, 0.29) is 5.56 Å². The van der Waals surface area contributed by atoms with Crippen LogP contribution in [0.3, 0.4) is 0 Å². The van der Waals surface area contributed by atoms with E-state index >= 15 is 0 Å². The molecule has 3 heterocycles. The van der Waals surface area contributed by atoms with Gasteiger partial charge in [-0.1, -0.05) is 0 Å². The number of β-amino-alcohol motifs (C(OH)–C–C–N with tert-alkyl or cyclic N) is 1. The van der Waals surface area contributed by atoms with Gasteiger partial charge in [0.25, 0.3) is 5.56 Å². The van der Waals surface area contributed by atoms with Gasteiger partial charge in [-0.25, -0.2) is 4.98 Å². The number of aryl methyl sites for hydroxylation is 1. The van der Waals surface area contributed by atoms with Gasteiger partial charge in [-0.2, -0.15) is 5.06 Å². The second-order valence-corrected chi connectivity index (χ2v) is 5.19. The lowest BCUT2D eigenvalue weighted by molar-refractivity contribution is -0.118. The molecule has 1 aliphatic heterocycles. The Balaban J connectivity index is 1.91. The van der Waals surface area contributed by atoms with Gasteiger partial charge in [-0.05, 0) is 6.92 Å². The van der Waals surface area contributed by atoms with Crippen LogP contribution in [0.4, 0.5) is 0 Å². The molecule has 0 aromatic carbocycles. The van der Waals surface area contributed by atoms with Crippen molar-refractivity contribution in [2.45, 2.75) is 19.6 Å². The Bertz CT molecular complexity index is 636. The van der Waals surface area contributed by atoms with E-state index in [1.54, 1.807) is 9.46 Å². The lowest BCUT2D eigenvalue weighted by atomic mass is 10.3. The second kappa shape index (κ2) is 4.43. The molecule has 18 heavy (non-hydrogen) atoms. The summed E-state index contributed by atoms with van der Waals surface area (Å²) in [6, 6.07) is 1.51. The quantitative estimate of drug-likeness (QED) is 0.840. The first kappa shape index (κ1) is 11.8. The molecule has 1 aliphatic rings. The van der Waals surface area contributed by atoms with Crippen molar-refractivity contribution in [3.05, 3.63) is 33.2 Å². The number of hydrogen-bond acceptors (Lipinski definition) is 6. The van der Waals surface area contributed by atoms with E-state index < -0.39 is 6.10 Å². The van der Waals surface area contributed by atoms with Crippen LogP contribution in [0.5, 0.6) is 0 Å². The Morgan fingerprint density at radius 1 is 1.67 bits per heavy atom. The SMILES string of the molecule is Cc1csc2nc(CN3C[C@@H](O)CO3)cc(=O)n12. The third-order valence-electron chi connectivity index (χ3n) is 2.83. The monoisotopic (exact) mass is 267 g/mol.